The summed E-state index contributed by atoms with van der Waals surface area (Å²) in [7, 11) is 1.50. The lowest BCUT2D eigenvalue weighted by molar-refractivity contribution is -0.132. The second-order valence-electron chi connectivity index (χ2n) is 3.35. The van der Waals surface area contributed by atoms with Gasteiger partial charge in [-0.3, -0.25) is 4.79 Å². The molecule has 1 aromatic carbocycles. The maximum absolute atomic E-state index is 10.8. The second-order valence-corrected chi connectivity index (χ2v) is 3.35. The van der Waals surface area contributed by atoms with E-state index in [9.17, 15) is 4.79 Å². The molecule has 1 atom stereocenters. The first kappa shape index (κ1) is 12.5. The molecule has 0 aliphatic rings. The number of methoxy groups -OCH3 is 1. The molecule has 0 aromatic heterocycles. The molecule has 0 aliphatic heterocycles. The van der Waals surface area contributed by atoms with E-state index in [1.54, 1.807) is 18.2 Å². The third kappa shape index (κ3) is 2.95. The van der Waals surface area contributed by atoms with Crippen molar-refractivity contribution >= 4 is 5.97 Å². The first-order valence-corrected chi connectivity index (χ1v) is 4.90. The van der Waals surface area contributed by atoms with Crippen molar-refractivity contribution in [3.8, 4) is 11.5 Å². The summed E-state index contributed by atoms with van der Waals surface area (Å²) >= 11 is 0. The normalized spacial score (nSPS) is 12.0. The van der Waals surface area contributed by atoms with Gasteiger partial charge in [0, 0.05) is 19.5 Å². The summed E-state index contributed by atoms with van der Waals surface area (Å²) in [6.07, 6.45) is 0. The Labute approximate surface area is 94.3 Å². The van der Waals surface area contributed by atoms with Gasteiger partial charge in [-0.25, -0.2) is 0 Å². The van der Waals surface area contributed by atoms with E-state index >= 15 is 0 Å². The summed E-state index contributed by atoms with van der Waals surface area (Å²) in [6.45, 7) is 1.68. The maximum atomic E-state index is 10.8. The average Bonchev–Trinajstić information content (AvgIpc) is 2.27. The lowest BCUT2D eigenvalue weighted by atomic mass is 10.1. The van der Waals surface area contributed by atoms with Crippen LogP contribution in [0.5, 0.6) is 11.5 Å². The summed E-state index contributed by atoms with van der Waals surface area (Å²) in [4.78, 5) is 10.8. The number of ether oxygens (including phenoxy) is 2. The molecule has 16 heavy (non-hydrogen) atoms. The van der Waals surface area contributed by atoms with Crippen LogP contribution in [0.25, 0.3) is 0 Å². The molecule has 0 saturated carbocycles. The van der Waals surface area contributed by atoms with Gasteiger partial charge in [-0.1, -0.05) is 6.07 Å². The van der Waals surface area contributed by atoms with Crippen molar-refractivity contribution in [1.82, 2.24) is 0 Å². The molecule has 0 saturated heterocycles. The SMILES string of the molecule is COc1cc([C@@H](N)CN)ccc1OC(C)=O. The first-order valence-electron chi connectivity index (χ1n) is 4.90. The molecule has 5 nitrogen and oxygen atoms in total. The highest BCUT2D eigenvalue weighted by molar-refractivity contribution is 5.70. The Morgan fingerprint density at radius 3 is 2.62 bits per heavy atom. The van der Waals surface area contributed by atoms with Gasteiger partial charge in [0.1, 0.15) is 0 Å². The molecule has 0 amide bonds. The first-order chi connectivity index (χ1) is 7.58. The topological polar surface area (TPSA) is 87.6 Å². The van der Waals surface area contributed by atoms with Gasteiger partial charge in [0.2, 0.25) is 0 Å². The monoisotopic (exact) mass is 224 g/mol. The largest absolute Gasteiger partial charge is 0.493 e. The van der Waals surface area contributed by atoms with E-state index in [-0.39, 0.29) is 6.04 Å². The van der Waals surface area contributed by atoms with Gasteiger partial charge in [0.25, 0.3) is 0 Å². The van der Waals surface area contributed by atoms with Crippen LogP contribution in [0.4, 0.5) is 0 Å². The quantitative estimate of drug-likeness (QED) is 0.577. The fourth-order valence-electron chi connectivity index (χ4n) is 1.29. The molecule has 0 aliphatic carbocycles. The van der Waals surface area contributed by atoms with Crippen LogP contribution in [-0.4, -0.2) is 19.6 Å². The molecule has 4 N–H and O–H groups in total. The highest BCUT2D eigenvalue weighted by Gasteiger charge is 2.11. The molecule has 0 bridgehead atoms. The standard InChI is InChI=1S/C11H16N2O3/c1-7(14)16-10-4-3-8(9(13)6-12)5-11(10)15-2/h3-5,9H,6,12-13H2,1-2H3/t9-/m0/s1. The zero-order chi connectivity index (χ0) is 12.1. The molecular formula is C11H16N2O3. The lowest BCUT2D eigenvalue weighted by Crippen LogP contribution is -2.20. The number of benzene rings is 1. The summed E-state index contributed by atoms with van der Waals surface area (Å²) < 4.78 is 10.1. The van der Waals surface area contributed by atoms with Crippen LogP contribution in [0.1, 0.15) is 18.5 Å². The van der Waals surface area contributed by atoms with Crippen LogP contribution in [0.2, 0.25) is 0 Å². The summed E-state index contributed by atoms with van der Waals surface area (Å²) in [5, 5.41) is 0. The van der Waals surface area contributed by atoms with Gasteiger partial charge in [-0.15, -0.1) is 0 Å². The van der Waals surface area contributed by atoms with E-state index in [4.69, 9.17) is 20.9 Å². The minimum Gasteiger partial charge on any atom is -0.493 e. The van der Waals surface area contributed by atoms with Crippen molar-refractivity contribution in [2.45, 2.75) is 13.0 Å². The number of hydrogen-bond acceptors (Lipinski definition) is 5. The van der Waals surface area contributed by atoms with E-state index < -0.39 is 5.97 Å². The van der Waals surface area contributed by atoms with Crippen molar-refractivity contribution in [2.24, 2.45) is 11.5 Å². The summed E-state index contributed by atoms with van der Waals surface area (Å²) in [5.41, 5.74) is 12.1. The molecule has 5 heteroatoms. The van der Waals surface area contributed by atoms with Gasteiger partial charge < -0.3 is 20.9 Å². The minimum absolute atomic E-state index is 0.250. The molecule has 0 spiro atoms. The van der Waals surface area contributed by atoms with Crippen LogP contribution in [0.3, 0.4) is 0 Å². The van der Waals surface area contributed by atoms with Crippen LogP contribution in [-0.2, 0) is 4.79 Å². The van der Waals surface area contributed by atoms with Gasteiger partial charge in [-0.2, -0.15) is 0 Å². The number of esters is 1. The van der Waals surface area contributed by atoms with Crippen LogP contribution < -0.4 is 20.9 Å². The second kappa shape index (κ2) is 5.48. The van der Waals surface area contributed by atoms with Gasteiger partial charge >= 0.3 is 5.97 Å². The van der Waals surface area contributed by atoms with Crippen molar-refractivity contribution in [1.29, 1.82) is 0 Å². The van der Waals surface area contributed by atoms with Crippen LogP contribution >= 0.6 is 0 Å². The Morgan fingerprint density at radius 1 is 1.44 bits per heavy atom. The van der Waals surface area contributed by atoms with Crippen molar-refractivity contribution < 1.29 is 14.3 Å². The Kier molecular flexibility index (Phi) is 4.28. The highest BCUT2D eigenvalue weighted by atomic mass is 16.6. The van der Waals surface area contributed by atoms with Gasteiger partial charge in [0.15, 0.2) is 11.5 Å². The zero-order valence-electron chi connectivity index (χ0n) is 9.40. The molecular weight excluding hydrogens is 208 g/mol. The molecule has 0 unspecified atom stereocenters. The van der Waals surface area contributed by atoms with Crippen molar-refractivity contribution in [2.75, 3.05) is 13.7 Å². The number of hydrogen-bond donors (Lipinski definition) is 2. The number of rotatable bonds is 4. The zero-order valence-corrected chi connectivity index (χ0v) is 9.40. The molecule has 1 rings (SSSR count). The highest BCUT2D eigenvalue weighted by Crippen LogP contribution is 2.29. The maximum Gasteiger partial charge on any atom is 0.308 e. The van der Waals surface area contributed by atoms with E-state index in [2.05, 4.69) is 0 Å². The van der Waals surface area contributed by atoms with Crippen LogP contribution in [0.15, 0.2) is 18.2 Å². The predicted molar refractivity (Wildman–Crippen MR) is 60.3 cm³/mol. The third-order valence-electron chi connectivity index (χ3n) is 2.12. The minimum atomic E-state index is -0.394. The Morgan fingerprint density at radius 2 is 2.12 bits per heavy atom. The molecule has 88 valence electrons. The van der Waals surface area contributed by atoms with E-state index in [0.29, 0.717) is 18.0 Å². The van der Waals surface area contributed by atoms with Gasteiger partial charge in [0.05, 0.1) is 7.11 Å². The number of carbonyl (C=O) groups is 1. The Hall–Kier alpha value is -1.59. The summed E-state index contributed by atoms with van der Waals surface area (Å²) in [6, 6.07) is 4.87. The molecule has 0 heterocycles. The smallest absolute Gasteiger partial charge is 0.308 e. The third-order valence-corrected chi connectivity index (χ3v) is 2.12. The predicted octanol–water partition coefficient (Wildman–Crippen LogP) is 0.579. The van der Waals surface area contributed by atoms with Crippen molar-refractivity contribution in [3.63, 3.8) is 0 Å². The van der Waals surface area contributed by atoms with E-state index in [1.807, 2.05) is 0 Å². The Balaban J connectivity index is 3.01. The number of nitrogens with two attached hydrogens (primary N) is 2. The average molecular weight is 224 g/mol. The molecule has 0 radical (unpaired) electrons. The number of carbonyl (C=O) groups excluding carboxylic acids is 1. The fourth-order valence-corrected chi connectivity index (χ4v) is 1.29. The van der Waals surface area contributed by atoms with Gasteiger partial charge in [-0.05, 0) is 17.7 Å². The van der Waals surface area contributed by atoms with Crippen LogP contribution in [0, 0.1) is 0 Å². The van der Waals surface area contributed by atoms with E-state index in [0.717, 1.165) is 5.56 Å². The fraction of sp³-hybridized carbons (Fsp3) is 0.364. The van der Waals surface area contributed by atoms with Crippen molar-refractivity contribution in [3.05, 3.63) is 23.8 Å². The summed E-state index contributed by atoms with van der Waals surface area (Å²) in [5.74, 6) is 0.453. The Bertz CT molecular complexity index is 379. The molecule has 1 aromatic rings. The lowest BCUT2D eigenvalue weighted by Gasteiger charge is -2.13. The van der Waals surface area contributed by atoms with E-state index in [1.165, 1.54) is 14.0 Å². The molecule has 0 fully saturated rings.